The van der Waals surface area contributed by atoms with Crippen molar-refractivity contribution < 1.29 is 27.8 Å². The summed E-state index contributed by atoms with van der Waals surface area (Å²) < 4.78 is 39.3. The van der Waals surface area contributed by atoms with Crippen molar-refractivity contribution in [1.82, 2.24) is 4.72 Å². The molecule has 0 bridgehead atoms. The SMILES string of the molecule is CC(O)(CNS(=O)(=O)c1cccc(Cl)c1F)CC(=O)O. The summed E-state index contributed by atoms with van der Waals surface area (Å²) in [4.78, 5) is 9.82. The maximum absolute atomic E-state index is 13.6. The summed E-state index contributed by atoms with van der Waals surface area (Å²) in [6.07, 6.45) is -0.659. The zero-order valence-corrected chi connectivity index (χ0v) is 12.0. The van der Waals surface area contributed by atoms with Crippen LogP contribution in [0.25, 0.3) is 0 Å². The molecular formula is C11H13ClFNO5S. The van der Waals surface area contributed by atoms with Gasteiger partial charge in [-0.3, -0.25) is 4.79 Å². The van der Waals surface area contributed by atoms with Crippen LogP contribution in [-0.4, -0.2) is 36.7 Å². The van der Waals surface area contributed by atoms with E-state index in [9.17, 15) is 22.7 Å². The predicted molar refractivity (Wildman–Crippen MR) is 69.5 cm³/mol. The highest BCUT2D eigenvalue weighted by Crippen LogP contribution is 2.22. The lowest BCUT2D eigenvalue weighted by Gasteiger charge is -2.21. The van der Waals surface area contributed by atoms with Gasteiger partial charge in [-0.15, -0.1) is 0 Å². The quantitative estimate of drug-likeness (QED) is 0.723. The van der Waals surface area contributed by atoms with Gasteiger partial charge in [0.25, 0.3) is 0 Å². The van der Waals surface area contributed by atoms with E-state index in [1.807, 2.05) is 4.72 Å². The molecule has 0 saturated heterocycles. The number of aliphatic hydroxyl groups is 1. The number of sulfonamides is 1. The van der Waals surface area contributed by atoms with Gasteiger partial charge in [0, 0.05) is 6.54 Å². The van der Waals surface area contributed by atoms with Crippen molar-refractivity contribution in [2.24, 2.45) is 0 Å². The summed E-state index contributed by atoms with van der Waals surface area (Å²) in [6.45, 7) is 0.575. The van der Waals surface area contributed by atoms with Crippen molar-refractivity contribution in [2.45, 2.75) is 23.8 Å². The second-order valence-electron chi connectivity index (χ2n) is 4.44. The van der Waals surface area contributed by atoms with Crippen molar-refractivity contribution >= 4 is 27.6 Å². The Bertz CT molecular complexity index is 617. The number of carboxylic acid groups (broad SMARTS) is 1. The third kappa shape index (κ3) is 4.41. The number of carbonyl (C=O) groups is 1. The number of hydrogen-bond acceptors (Lipinski definition) is 4. The van der Waals surface area contributed by atoms with Gasteiger partial charge in [0.05, 0.1) is 17.0 Å². The molecule has 0 aromatic heterocycles. The fourth-order valence-corrected chi connectivity index (χ4v) is 2.90. The fraction of sp³-hybridized carbons (Fsp3) is 0.364. The van der Waals surface area contributed by atoms with E-state index in [0.717, 1.165) is 13.0 Å². The minimum absolute atomic E-state index is 0.356. The van der Waals surface area contributed by atoms with Gasteiger partial charge >= 0.3 is 5.97 Å². The van der Waals surface area contributed by atoms with Crippen molar-refractivity contribution in [1.29, 1.82) is 0 Å². The molecule has 1 rings (SSSR count). The molecule has 112 valence electrons. The molecule has 0 aliphatic rings. The normalized spacial score (nSPS) is 14.8. The van der Waals surface area contributed by atoms with E-state index in [1.54, 1.807) is 0 Å². The number of hydrogen-bond donors (Lipinski definition) is 3. The summed E-state index contributed by atoms with van der Waals surface area (Å²) in [5.74, 6) is -2.40. The van der Waals surface area contributed by atoms with E-state index < -0.39 is 45.3 Å². The lowest BCUT2D eigenvalue weighted by molar-refractivity contribution is -0.141. The Morgan fingerprint density at radius 1 is 1.50 bits per heavy atom. The van der Waals surface area contributed by atoms with Crippen LogP contribution in [0.1, 0.15) is 13.3 Å². The summed E-state index contributed by atoms with van der Waals surface area (Å²) in [5, 5.41) is 17.9. The summed E-state index contributed by atoms with van der Waals surface area (Å²) in [7, 11) is -4.24. The number of nitrogens with one attached hydrogen (secondary N) is 1. The smallest absolute Gasteiger partial charge is 0.306 e. The molecule has 0 aliphatic carbocycles. The van der Waals surface area contributed by atoms with Crippen LogP contribution in [-0.2, 0) is 14.8 Å². The minimum atomic E-state index is -4.24. The maximum atomic E-state index is 13.6. The number of halogens is 2. The zero-order valence-electron chi connectivity index (χ0n) is 10.4. The number of rotatable bonds is 6. The van der Waals surface area contributed by atoms with Gasteiger partial charge in [0.15, 0.2) is 5.82 Å². The Morgan fingerprint density at radius 2 is 2.10 bits per heavy atom. The molecule has 0 saturated carbocycles. The molecular weight excluding hydrogens is 313 g/mol. The summed E-state index contributed by atoms with van der Waals surface area (Å²) in [5.41, 5.74) is -1.80. The minimum Gasteiger partial charge on any atom is -0.481 e. The number of carboxylic acids is 1. The maximum Gasteiger partial charge on any atom is 0.306 e. The van der Waals surface area contributed by atoms with Crippen molar-refractivity contribution in [3.8, 4) is 0 Å². The molecule has 1 unspecified atom stereocenters. The first-order valence-electron chi connectivity index (χ1n) is 5.43. The molecule has 0 aliphatic heterocycles. The molecule has 0 fully saturated rings. The van der Waals surface area contributed by atoms with Crippen LogP contribution in [0.5, 0.6) is 0 Å². The Hall–Kier alpha value is -1.22. The molecule has 1 aromatic carbocycles. The second kappa shape index (κ2) is 6.04. The second-order valence-corrected chi connectivity index (χ2v) is 6.59. The van der Waals surface area contributed by atoms with Gasteiger partial charge < -0.3 is 10.2 Å². The Balaban J connectivity index is 2.91. The van der Waals surface area contributed by atoms with Crippen molar-refractivity contribution in [3.05, 3.63) is 29.0 Å². The van der Waals surface area contributed by atoms with E-state index in [1.165, 1.54) is 12.1 Å². The van der Waals surface area contributed by atoms with Crippen LogP contribution in [0, 0.1) is 5.82 Å². The molecule has 1 atom stereocenters. The monoisotopic (exact) mass is 325 g/mol. The van der Waals surface area contributed by atoms with Gasteiger partial charge in [-0.2, -0.15) is 0 Å². The predicted octanol–water partition coefficient (Wildman–Crippen LogP) is 0.983. The van der Waals surface area contributed by atoms with Crippen LogP contribution >= 0.6 is 11.6 Å². The zero-order chi connectivity index (χ0) is 15.6. The molecule has 0 heterocycles. The molecule has 9 heteroatoms. The van der Waals surface area contributed by atoms with E-state index in [-0.39, 0.29) is 5.02 Å². The molecule has 0 amide bonds. The first-order valence-corrected chi connectivity index (χ1v) is 7.29. The Labute approximate surface area is 120 Å². The third-order valence-corrected chi connectivity index (χ3v) is 4.09. The van der Waals surface area contributed by atoms with Gasteiger partial charge in [0.1, 0.15) is 4.90 Å². The van der Waals surface area contributed by atoms with Crippen molar-refractivity contribution in [3.63, 3.8) is 0 Å². The molecule has 3 N–H and O–H groups in total. The molecule has 0 radical (unpaired) electrons. The van der Waals surface area contributed by atoms with Gasteiger partial charge in [-0.05, 0) is 19.1 Å². The number of benzene rings is 1. The topological polar surface area (TPSA) is 104 Å². The Kier molecular flexibility index (Phi) is 5.09. The van der Waals surface area contributed by atoms with E-state index in [2.05, 4.69) is 0 Å². The summed E-state index contributed by atoms with van der Waals surface area (Å²) in [6, 6.07) is 3.46. The van der Waals surface area contributed by atoms with Gasteiger partial charge in [0.2, 0.25) is 10.0 Å². The highest BCUT2D eigenvalue weighted by atomic mass is 35.5. The standard InChI is InChI=1S/C11H13ClFNO5S/c1-11(17,5-9(15)16)6-14-20(18,19)8-4-2-3-7(12)10(8)13/h2-4,14,17H,5-6H2,1H3,(H,15,16). The van der Waals surface area contributed by atoms with E-state index >= 15 is 0 Å². The molecule has 20 heavy (non-hydrogen) atoms. The highest BCUT2D eigenvalue weighted by molar-refractivity contribution is 7.89. The van der Waals surface area contributed by atoms with Crippen LogP contribution in [0.4, 0.5) is 4.39 Å². The van der Waals surface area contributed by atoms with E-state index in [4.69, 9.17) is 16.7 Å². The van der Waals surface area contributed by atoms with Crippen LogP contribution in [0.3, 0.4) is 0 Å². The van der Waals surface area contributed by atoms with Crippen molar-refractivity contribution in [2.75, 3.05) is 6.54 Å². The van der Waals surface area contributed by atoms with Crippen LogP contribution in [0.15, 0.2) is 23.1 Å². The van der Waals surface area contributed by atoms with Gasteiger partial charge in [-0.25, -0.2) is 17.5 Å². The number of aliphatic carboxylic acids is 1. The molecule has 1 aromatic rings. The molecule has 0 spiro atoms. The third-order valence-electron chi connectivity index (χ3n) is 2.38. The lowest BCUT2D eigenvalue weighted by atomic mass is 10.0. The summed E-state index contributed by atoms with van der Waals surface area (Å²) >= 11 is 5.48. The highest BCUT2D eigenvalue weighted by Gasteiger charge is 2.28. The van der Waals surface area contributed by atoms with Crippen LogP contribution in [0.2, 0.25) is 5.02 Å². The Morgan fingerprint density at radius 3 is 2.65 bits per heavy atom. The average Bonchev–Trinajstić information content (AvgIpc) is 2.29. The largest absolute Gasteiger partial charge is 0.481 e. The fourth-order valence-electron chi connectivity index (χ4n) is 1.41. The van der Waals surface area contributed by atoms with E-state index in [0.29, 0.717) is 0 Å². The van der Waals surface area contributed by atoms with Crippen LogP contribution < -0.4 is 4.72 Å². The molecule has 6 nitrogen and oxygen atoms in total. The lowest BCUT2D eigenvalue weighted by Crippen LogP contribution is -2.42. The van der Waals surface area contributed by atoms with Gasteiger partial charge in [-0.1, -0.05) is 17.7 Å². The first kappa shape index (κ1) is 16.8. The average molecular weight is 326 g/mol. The first-order chi connectivity index (χ1) is 9.05.